The molecule has 0 unspecified atom stereocenters. The van der Waals surface area contributed by atoms with Crippen LogP contribution in [0.5, 0.6) is 5.75 Å². The second kappa shape index (κ2) is 7.33. The van der Waals surface area contributed by atoms with Crippen molar-refractivity contribution in [2.75, 3.05) is 30.4 Å². The molecule has 4 aromatic rings. The average molecular weight is 433 g/mol. The summed E-state index contributed by atoms with van der Waals surface area (Å²) < 4.78 is 12.8. The molecule has 10 nitrogen and oxygen atoms in total. The Labute approximate surface area is 184 Å². The number of benzene rings is 1. The fourth-order valence-electron chi connectivity index (χ4n) is 3.58. The lowest BCUT2D eigenvalue weighted by atomic mass is 10.1. The molecular weight excluding hydrogens is 410 g/mol. The van der Waals surface area contributed by atoms with Gasteiger partial charge in [-0.25, -0.2) is 9.78 Å². The maximum absolute atomic E-state index is 12.3. The van der Waals surface area contributed by atoms with E-state index in [0.717, 1.165) is 17.6 Å². The van der Waals surface area contributed by atoms with E-state index in [9.17, 15) is 4.79 Å². The number of rotatable bonds is 2. The first-order valence-electron chi connectivity index (χ1n) is 10.3. The van der Waals surface area contributed by atoms with Gasteiger partial charge in [-0.2, -0.15) is 9.61 Å². The van der Waals surface area contributed by atoms with Crippen molar-refractivity contribution in [1.82, 2.24) is 24.8 Å². The predicted octanol–water partition coefficient (Wildman–Crippen LogP) is 3.52. The number of hydrogen-bond donors (Lipinski definition) is 1. The summed E-state index contributed by atoms with van der Waals surface area (Å²) in [7, 11) is 1.99. The van der Waals surface area contributed by atoms with Gasteiger partial charge in [0, 0.05) is 12.4 Å². The molecule has 0 aliphatic carbocycles. The zero-order valence-electron chi connectivity index (χ0n) is 18.3. The van der Waals surface area contributed by atoms with Crippen LogP contribution in [0.2, 0.25) is 0 Å². The molecule has 10 heteroatoms. The molecule has 0 saturated heterocycles. The third-order valence-corrected chi connectivity index (χ3v) is 5.04. The summed E-state index contributed by atoms with van der Waals surface area (Å²) in [5.41, 5.74) is 2.53. The third-order valence-electron chi connectivity index (χ3n) is 5.04. The Balaban J connectivity index is 1.57. The van der Waals surface area contributed by atoms with Gasteiger partial charge in [0.1, 0.15) is 23.6 Å². The van der Waals surface area contributed by atoms with E-state index < -0.39 is 11.7 Å². The van der Waals surface area contributed by atoms with Crippen LogP contribution in [-0.2, 0) is 4.74 Å². The lowest BCUT2D eigenvalue weighted by molar-refractivity contribution is 0.0636. The molecule has 1 aliphatic rings. The molecule has 0 bridgehead atoms. The van der Waals surface area contributed by atoms with Gasteiger partial charge in [0.05, 0.1) is 23.9 Å². The highest BCUT2D eigenvalue weighted by Crippen LogP contribution is 2.34. The van der Waals surface area contributed by atoms with Crippen molar-refractivity contribution in [2.24, 2.45) is 0 Å². The van der Waals surface area contributed by atoms with E-state index in [2.05, 4.69) is 25.5 Å². The maximum Gasteiger partial charge on any atom is 0.412 e. The molecule has 0 saturated carbocycles. The van der Waals surface area contributed by atoms with Crippen molar-refractivity contribution in [3.63, 3.8) is 0 Å². The topological polar surface area (TPSA) is 107 Å². The van der Waals surface area contributed by atoms with Crippen molar-refractivity contribution in [1.29, 1.82) is 0 Å². The molecule has 3 aromatic heterocycles. The summed E-state index contributed by atoms with van der Waals surface area (Å²) in [5.74, 6) is 1.13. The second-order valence-corrected chi connectivity index (χ2v) is 8.59. The van der Waals surface area contributed by atoms with Crippen LogP contribution in [0, 0.1) is 0 Å². The van der Waals surface area contributed by atoms with Crippen LogP contribution in [0.4, 0.5) is 16.2 Å². The highest BCUT2D eigenvalue weighted by Gasteiger charge is 2.23. The Kier molecular flexibility index (Phi) is 4.58. The van der Waals surface area contributed by atoms with Crippen LogP contribution in [0.15, 0.2) is 36.5 Å². The van der Waals surface area contributed by atoms with Crippen molar-refractivity contribution in [3.05, 3.63) is 36.5 Å². The van der Waals surface area contributed by atoms with Crippen LogP contribution >= 0.6 is 0 Å². The van der Waals surface area contributed by atoms with Gasteiger partial charge in [0.25, 0.3) is 0 Å². The van der Waals surface area contributed by atoms with Crippen molar-refractivity contribution in [3.8, 4) is 17.3 Å². The molecule has 1 amide bonds. The fraction of sp³-hybridized carbons (Fsp3) is 0.318. The van der Waals surface area contributed by atoms with Gasteiger partial charge in [-0.1, -0.05) is 18.2 Å². The van der Waals surface area contributed by atoms with Gasteiger partial charge in [-0.15, -0.1) is 10.2 Å². The fourth-order valence-corrected chi connectivity index (χ4v) is 3.58. The van der Waals surface area contributed by atoms with Crippen LogP contribution in [-0.4, -0.2) is 56.7 Å². The molecule has 5 rings (SSSR count). The van der Waals surface area contributed by atoms with Crippen molar-refractivity contribution < 1.29 is 14.3 Å². The number of amides is 1. The summed E-state index contributed by atoms with van der Waals surface area (Å²) in [6.07, 6.45) is 1.20. The molecular formula is C22H23N7O3. The number of pyridine rings is 1. The Morgan fingerprint density at radius 2 is 2.03 bits per heavy atom. The largest absolute Gasteiger partial charge is 0.486 e. The van der Waals surface area contributed by atoms with E-state index in [1.54, 1.807) is 16.8 Å². The normalized spacial score (nSPS) is 13.7. The summed E-state index contributed by atoms with van der Waals surface area (Å²) in [4.78, 5) is 19.1. The van der Waals surface area contributed by atoms with Crippen LogP contribution in [0.1, 0.15) is 20.8 Å². The molecule has 32 heavy (non-hydrogen) atoms. The Morgan fingerprint density at radius 1 is 1.19 bits per heavy atom. The number of para-hydroxylation sites is 1. The second-order valence-electron chi connectivity index (χ2n) is 8.59. The Bertz CT molecular complexity index is 1340. The minimum absolute atomic E-state index is 0.480. The van der Waals surface area contributed by atoms with Crippen LogP contribution in [0.25, 0.3) is 28.1 Å². The number of fused-ring (bicyclic) bond motifs is 4. The molecule has 164 valence electrons. The van der Waals surface area contributed by atoms with Crippen molar-refractivity contribution >= 4 is 34.0 Å². The number of carbonyl (C=O) groups excluding carboxylic acids is 1. The summed E-state index contributed by atoms with van der Waals surface area (Å²) >= 11 is 0. The zero-order valence-corrected chi connectivity index (χ0v) is 18.3. The number of ether oxygens (including phenoxy) is 2. The monoisotopic (exact) mass is 433 g/mol. The minimum atomic E-state index is -0.603. The number of anilines is 2. The molecule has 1 N–H and O–H groups in total. The number of carbonyl (C=O) groups is 1. The smallest absolute Gasteiger partial charge is 0.412 e. The van der Waals surface area contributed by atoms with Gasteiger partial charge < -0.3 is 14.4 Å². The van der Waals surface area contributed by atoms with Gasteiger partial charge >= 0.3 is 6.09 Å². The van der Waals surface area contributed by atoms with Crippen LogP contribution in [0.3, 0.4) is 0 Å². The minimum Gasteiger partial charge on any atom is -0.486 e. The van der Waals surface area contributed by atoms with Gasteiger partial charge in [-0.3, -0.25) is 5.32 Å². The summed E-state index contributed by atoms with van der Waals surface area (Å²) in [5, 5.41) is 16.8. The molecule has 1 aliphatic heterocycles. The molecule has 1 aromatic carbocycles. The lowest BCUT2D eigenvalue weighted by Crippen LogP contribution is -2.29. The number of hydrogen-bond acceptors (Lipinski definition) is 8. The first-order chi connectivity index (χ1) is 15.3. The van der Waals surface area contributed by atoms with E-state index >= 15 is 0 Å². The molecule has 0 atom stereocenters. The molecule has 0 spiro atoms. The first-order valence-corrected chi connectivity index (χ1v) is 10.3. The lowest BCUT2D eigenvalue weighted by Gasteiger charge is -2.26. The van der Waals surface area contributed by atoms with Crippen LogP contribution < -0.4 is 15.0 Å². The highest BCUT2D eigenvalue weighted by molar-refractivity contribution is 5.98. The predicted molar refractivity (Wildman–Crippen MR) is 120 cm³/mol. The Hall–Kier alpha value is -3.95. The number of nitrogens with one attached hydrogen (secondary N) is 1. The molecule has 0 radical (unpaired) electrons. The Morgan fingerprint density at radius 3 is 2.84 bits per heavy atom. The average Bonchev–Trinajstić information content (AvgIpc) is 3.17. The summed E-state index contributed by atoms with van der Waals surface area (Å²) in [6, 6.07) is 9.33. The van der Waals surface area contributed by atoms with Gasteiger partial charge in [-0.05, 0) is 32.9 Å². The van der Waals surface area contributed by atoms with E-state index in [0.29, 0.717) is 40.7 Å². The molecule has 0 fully saturated rings. The first kappa shape index (κ1) is 20.0. The number of aromatic nitrogens is 5. The standard InChI is InChI=1S/C22H23N7O3/c1-22(2,3)32-21(30)25-14-7-5-6-13-8-9-15(24-17(13)14)19-26-27-20-18-16(12-23-29(19)20)28(4)10-11-31-18/h5-9,12H,10-11H2,1-4H3,(H,25,30). The zero-order chi connectivity index (χ0) is 22.5. The quantitative estimate of drug-likeness (QED) is 0.512. The van der Waals surface area contributed by atoms with E-state index in [-0.39, 0.29) is 0 Å². The van der Waals surface area contributed by atoms with Gasteiger partial charge in [0.15, 0.2) is 5.75 Å². The number of nitrogens with zero attached hydrogens (tertiary/aromatic N) is 6. The SMILES string of the molecule is CN1CCOc2c1cnn1c(-c3ccc4cccc(NC(=O)OC(C)(C)C)c4n3)nnc21. The molecule has 4 heterocycles. The van der Waals surface area contributed by atoms with E-state index in [1.807, 2.05) is 52.1 Å². The third kappa shape index (κ3) is 3.53. The van der Waals surface area contributed by atoms with E-state index in [1.165, 1.54) is 0 Å². The van der Waals surface area contributed by atoms with Crippen molar-refractivity contribution in [2.45, 2.75) is 26.4 Å². The summed E-state index contributed by atoms with van der Waals surface area (Å²) in [6.45, 7) is 6.80. The number of likely N-dealkylation sites (N-methyl/N-ethyl adjacent to an activating group) is 1. The maximum atomic E-state index is 12.3. The highest BCUT2D eigenvalue weighted by atomic mass is 16.6. The van der Waals surface area contributed by atoms with E-state index in [4.69, 9.17) is 14.5 Å². The van der Waals surface area contributed by atoms with Gasteiger partial charge in [0.2, 0.25) is 11.5 Å².